The summed E-state index contributed by atoms with van der Waals surface area (Å²) in [5.41, 5.74) is 5.50. The van der Waals surface area contributed by atoms with Crippen LogP contribution >= 0.6 is 11.6 Å². The summed E-state index contributed by atoms with van der Waals surface area (Å²) in [5, 5.41) is 0.653. The van der Waals surface area contributed by atoms with Crippen molar-refractivity contribution in [1.29, 1.82) is 0 Å². The molecule has 4 aromatic rings. The Bertz CT molecular complexity index is 1190. The summed E-state index contributed by atoms with van der Waals surface area (Å²) in [7, 11) is 0. The highest BCUT2D eigenvalue weighted by molar-refractivity contribution is 6.30. The molecule has 4 heteroatoms. The van der Waals surface area contributed by atoms with Crippen molar-refractivity contribution in [3.8, 4) is 34.2 Å². The summed E-state index contributed by atoms with van der Waals surface area (Å²) in [6.45, 7) is 13.3. The van der Waals surface area contributed by atoms with Crippen molar-refractivity contribution in [2.45, 2.75) is 52.4 Å². The monoisotopic (exact) mass is 455 g/mol. The van der Waals surface area contributed by atoms with Gasteiger partial charge in [-0.05, 0) is 34.1 Å². The van der Waals surface area contributed by atoms with Crippen molar-refractivity contribution in [1.82, 2.24) is 15.0 Å². The van der Waals surface area contributed by atoms with Gasteiger partial charge >= 0.3 is 0 Å². The zero-order valence-electron chi connectivity index (χ0n) is 20.1. The first-order chi connectivity index (χ1) is 15.5. The third-order valence-corrected chi connectivity index (χ3v) is 5.97. The van der Waals surface area contributed by atoms with Crippen molar-refractivity contribution in [3.63, 3.8) is 0 Å². The third kappa shape index (κ3) is 5.31. The van der Waals surface area contributed by atoms with Gasteiger partial charge in [-0.2, -0.15) is 0 Å². The molecule has 0 fully saturated rings. The fourth-order valence-corrected chi connectivity index (χ4v) is 3.82. The molecule has 0 spiro atoms. The Hall–Kier alpha value is -3.04. The second-order valence-electron chi connectivity index (χ2n) is 10.5. The molecule has 0 radical (unpaired) electrons. The van der Waals surface area contributed by atoms with E-state index in [1.165, 1.54) is 11.1 Å². The second kappa shape index (κ2) is 8.72. The minimum atomic E-state index is 0.0868. The Morgan fingerprint density at radius 2 is 0.909 bits per heavy atom. The molecule has 0 saturated carbocycles. The topological polar surface area (TPSA) is 38.7 Å². The van der Waals surface area contributed by atoms with E-state index in [0.29, 0.717) is 22.5 Å². The van der Waals surface area contributed by atoms with E-state index >= 15 is 0 Å². The van der Waals surface area contributed by atoms with Gasteiger partial charge in [0, 0.05) is 21.7 Å². The normalized spacial score (nSPS) is 12.1. The molecule has 0 amide bonds. The third-order valence-electron chi connectivity index (χ3n) is 5.74. The van der Waals surface area contributed by atoms with Gasteiger partial charge in [0.25, 0.3) is 0 Å². The molecule has 168 valence electrons. The SMILES string of the molecule is CC(C)(C)c1ccc(-c2nc(-c3ccc(C(C)(C)C)cc3)nc(-c3cccc(Cl)c3)n2)cc1. The number of hydrogen-bond acceptors (Lipinski definition) is 3. The second-order valence-corrected chi connectivity index (χ2v) is 10.9. The average Bonchev–Trinajstić information content (AvgIpc) is 2.78. The van der Waals surface area contributed by atoms with Gasteiger partial charge in [-0.1, -0.05) is 114 Å². The lowest BCUT2D eigenvalue weighted by Crippen LogP contribution is -2.10. The molecule has 4 rings (SSSR count). The van der Waals surface area contributed by atoms with Crippen molar-refractivity contribution < 1.29 is 0 Å². The van der Waals surface area contributed by atoms with Crippen molar-refractivity contribution in [2.24, 2.45) is 0 Å². The first-order valence-electron chi connectivity index (χ1n) is 11.2. The number of hydrogen-bond donors (Lipinski definition) is 0. The molecule has 3 aromatic carbocycles. The van der Waals surface area contributed by atoms with Gasteiger partial charge in [-0.15, -0.1) is 0 Å². The summed E-state index contributed by atoms with van der Waals surface area (Å²) < 4.78 is 0. The van der Waals surface area contributed by atoms with Crippen LogP contribution in [0.4, 0.5) is 0 Å². The van der Waals surface area contributed by atoms with Crippen LogP contribution in [-0.2, 0) is 10.8 Å². The average molecular weight is 456 g/mol. The van der Waals surface area contributed by atoms with Gasteiger partial charge in [0.15, 0.2) is 17.5 Å². The van der Waals surface area contributed by atoms with Gasteiger partial charge < -0.3 is 0 Å². The molecule has 0 bridgehead atoms. The summed E-state index contributed by atoms with van der Waals surface area (Å²) in [5.74, 6) is 1.91. The Morgan fingerprint density at radius 1 is 0.515 bits per heavy atom. The maximum absolute atomic E-state index is 6.26. The Balaban J connectivity index is 1.84. The zero-order chi connectivity index (χ0) is 23.8. The molecule has 0 saturated heterocycles. The van der Waals surface area contributed by atoms with Crippen LogP contribution in [0.2, 0.25) is 5.02 Å². The summed E-state index contributed by atoms with van der Waals surface area (Å²) in [4.78, 5) is 14.5. The van der Waals surface area contributed by atoms with Crippen LogP contribution < -0.4 is 0 Å². The van der Waals surface area contributed by atoms with Crippen molar-refractivity contribution in [3.05, 3.63) is 88.9 Å². The minimum Gasteiger partial charge on any atom is -0.208 e. The quantitative estimate of drug-likeness (QED) is 0.313. The molecular weight excluding hydrogens is 426 g/mol. The van der Waals surface area contributed by atoms with E-state index < -0.39 is 0 Å². The number of rotatable bonds is 3. The molecule has 1 heterocycles. The van der Waals surface area contributed by atoms with E-state index in [1.54, 1.807) is 0 Å². The molecule has 0 aliphatic heterocycles. The molecule has 0 unspecified atom stereocenters. The Labute approximate surface area is 201 Å². The van der Waals surface area contributed by atoms with E-state index in [1.807, 2.05) is 24.3 Å². The van der Waals surface area contributed by atoms with Crippen LogP contribution in [0.25, 0.3) is 34.2 Å². The number of halogens is 1. The smallest absolute Gasteiger partial charge is 0.164 e. The van der Waals surface area contributed by atoms with E-state index in [-0.39, 0.29) is 10.8 Å². The lowest BCUT2D eigenvalue weighted by molar-refractivity contribution is 0.590. The van der Waals surface area contributed by atoms with E-state index in [2.05, 4.69) is 90.1 Å². The van der Waals surface area contributed by atoms with Crippen LogP contribution in [0.3, 0.4) is 0 Å². The maximum Gasteiger partial charge on any atom is 0.164 e. The van der Waals surface area contributed by atoms with E-state index in [4.69, 9.17) is 26.6 Å². The van der Waals surface area contributed by atoms with E-state index in [9.17, 15) is 0 Å². The maximum atomic E-state index is 6.26. The Morgan fingerprint density at radius 3 is 1.27 bits per heavy atom. The largest absolute Gasteiger partial charge is 0.208 e. The lowest BCUT2D eigenvalue weighted by Gasteiger charge is -2.19. The number of aromatic nitrogens is 3. The molecule has 0 aliphatic rings. The fourth-order valence-electron chi connectivity index (χ4n) is 3.63. The van der Waals surface area contributed by atoms with E-state index in [0.717, 1.165) is 16.7 Å². The molecule has 1 aromatic heterocycles. The van der Waals surface area contributed by atoms with Gasteiger partial charge in [-0.3, -0.25) is 0 Å². The first kappa shape index (κ1) is 23.1. The molecule has 0 atom stereocenters. The van der Waals surface area contributed by atoms with Crippen LogP contribution in [0, 0.1) is 0 Å². The van der Waals surface area contributed by atoms with Gasteiger partial charge in [0.1, 0.15) is 0 Å². The first-order valence-corrected chi connectivity index (χ1v) is 11.6. The van der Waals surface area contributed by atoms with Gasteiger partial charge in [0.05, 0.1) is 0 Å². The number of nitrogens with zero attached hydrogens (tertiary/aromatic N) is 3. The fraction of sp³-hybridized carbons (Fsp3) is 0.276. The predicted molar refractivity (Wildman–Crippen MR) is 139 cm³/mol. The van der Waals surface area contributed by atoms with Crippen molar-refractivity contribution in [2.75, 3.05) is 0 Å². The molecule has 3 nitrogen and oxygen atoms in total. The zero-order valence-corrected chi connectivity index (χ0v) is 20.9. The van der Waals surface area contributed by atoms with Crippen molar-refractivity contribution >= 4 is 11.6 Å². The molecular formula is C29H30ClN3. The lowest BCUT2D eigenvalue weighted by atomic mass is 9.86. The molecule has 0 aliphatic carbocycles. The predicted octanol–water partition coefficient (Wildman–Crippen LogP) is 8.12. The van der Waals surface area contributed by atoms with Gasteiger partial charge in [0.2, 0.25) is 0 Å². The highest BCUT2D eigenvalue weighted by atomic mass is 35.5. The molecule has 0 N–H and O–H groups in total. The van der Waals surface area contributed by atoms with Crippen LogP contribution in [0.1, 0.15) is 52.7 Å². The summed E-state index contributed by atoms with van der Waals surface area (Å²) in [6.07, 6.45) is 0. The van der Waals surface area contributed by atoms with Crippen LogP contribution in [0.15, 0.2) is 72.8 Å². The molecule has 33 heavy (non-hydrogen) atoms. The summed E-state index contributed by atoms with van der Waals surface area (Å²) in [6, 6.07) is 24.6. The number of benzene rings is 3. The standard InChI is InChI=1S/C29H30ClN3/c1-28(2,3)22-14-10-19(11-15-22)25-31-26(20-12-16-23(17-13-20)29(4,5)6)33-27(32-25)21-8-7-9-24(30)18-21/h7-18H,1-6H3. The van der Waals surface area contributed by atoms with Crippen LogP contribution in [0.5, 0.6) is 0 Å². The van der Waals surface area contributed by atoms with Crippen LogP contribution in [-0.4, -0.2) is 15.0 Å². The highest BCUT2D eigenvalue weighted by Crippen LogP contribution is 2.29. The van der Waals surface area contributed by atoms with Gasteiger partial charge in [-0.25, -0.2) is 15.0 Å². The Kier molecular flexibility index (Phi) is 6.11. The summed E-state index contributed by atoms with van der Waals surface area (Å²) >= 11 is 6.26. The minimum absolute atomic E-state index is 0.0868. The highest BCUT2D eigenvalue weighted by Gasteiger charge is 2.17.